The van der Waals surface area contributed by atoms with Crippen LogP contribution in [0.25, 0.3) is 0 Å². The van der Waals surface area contributed by atoms with Gasteiger partial charge < -0.3 is 15.4 Å². The Hall–Kier alpha value is -3.01. The van der Waals surface area contributed by atoms with Gasteiger partial charge in [-0.3, -0.25) is 4.79 Å². The van der Waals surface area contributed by atoms with E-state index >= 15 is 0 Å². The lowest BCUT2D eigenvalue weighted by molar-refractivity contribution is -0.173. The van der Waals surface area contributed by atoms with Crippen LogP contribution in [0.1, 0.15) is 39.4 Å². The fourth-order valence-corrected chi connectivity index (χ4v) is 4.08. The van der Waals surface area contributed by atoms with Crippen molar-refractivity contribution in [1.82, 2.24) is 15.1 Å². The molecule has 1 aliphatic heterocycles. The second-order valence-corrected chi connectivity index (χ2v) is 7.92. The SMILES string of the molecule is COc1cccc([C@H]2C[C@H](C(F)(F)F)n3nc(C(=O)NCc4cccs4)cc3N2)c1. The molecule has 10 heteroatoms. The summed E-state index contributed by atoms with van der Waals surface area (Å²) in [7, 11) is 1.50. The molecule has 4 rings (SSSR count). The lowest BCUT2D eigenvalue weighted by Gasteiger charge is -2.33. The van der Waals surface area contributed by atoms with Crippen molar-refractivity contribution in [3.63, 3.8) is 0 Å². The molecule has 1 aromatic carbocycles. The van der Waals surface area contributed by atoms with Crippen molar-refractivity contribution in [3.8, 4) is 5.75 Å². The van der Waals surface area contributed by atoms with E-state index in [1.807, 2.05) is 17.5 Å². The molecule has 3 heterocycles. The summed E-state index contributed by atoms with van der Waals surface area (Å²) in [4.78, 5) is 13.4. The van der Waals surface area contributed by atoms with E-state index in [4.69, 9.17) is 4.74 Å². The third kappa shape index (κ3) is 4.13. The lowest BCUT2D eigenvalue weighted by atomic mass is 9.97. The fourth-order valence-electron chi connectivity index (χ4n) is 3.43. The van der Waals surface area contributed by atoms with Crippen molar-refractivity contribution in [2.75, 3.05) is 12.4 Å². The molecule has 6 nitrogen and oxygen atoms in total. The molecular weight excluding hydrogens is 417 g/mol. The Morgan fingerprint density at radius 2 is 2.17 bits per heavy atom. The molecule has 2 N–H and O–H groups in total. The minimum absolute atomic E-state index is 0.0606. The number of methoxy groups -OCH3 is 1. The van der Waals surface area contributed by atoms with Gasteiger partial charge in [-0.1, -0.05) is 18.2 Å². The van der Waals surface area contributed by atoms with Gasteiger partial charge >= 0.3 is 6.18 Å². The molecule has 2 aromatic heterocycles. The second-order valence-electron chi connectivity index (χ2n) is 6.89. The summed E-state index contributed by atoms with van der Waals surface area (Å²) in [6.45, 7) is 0.293. The van der Waals surface area contributed by atoms with Crippen LogP contribution in [0.3, 0.4) is 0 Å². The van der Waals surface area contributed by atoms with Crippen LogP contribution in [0.15, 0.2) is 47.8 Å². The van der Waals surface area contributed by atoms with E-state index in [1.54, 1.807) is 24.3 Å². The first kappa shape index (κ1) is 20.3. The number of alkyl halides is 3. The molecule has 0 fully saturated rings. The highest BCUT2D eigenvalue weighted by molar-refractivity contribution is 7.09. The minimum Gasteiger partial charge on any atom is -0.497 e. The number of fused-ring (bicyclic) bond motifs is 1. The van der Waals surface area contributed by atoms with Gasteiger partial charge in [-0.25, -0.2) is 4.68 Å². The van der Waals surface area contributed by atoms with Crippen LogP contribution in [0, 0.1) is 0 Å². The maximum atomic E-state index is 13.8. The van der Waals surface area contributed by atoms with E-state index in [9.17, 15) is 18.0 Å². The Balaban J connectivity index is 1.60. The number of anilines is 1. The summed E-state index contributed by atoms with van der Waals surface area (Å²) >= 11 is 1.48. The summed E-state index contributed by atoms with van der Waals surface area (Å²) in [5.41, 5.74) is 0.606. The largest absolute Gasteiger partial charge is 0.497 e. The number of thiophene rings is 1. The number of amides is 1. The van der Waals surface area contributed by atoms with Gasteiger partial charge in [0.1, 0.15) is 11.6 Å². The van der Waals surface area contributed by atoms with E-state index in [0.29, 0.717) is 17.9 Å². The molecule has 0 radical (unpaired) electrons. The number of nitrogens with one attached hydrogen (secondary N) is 2. The molecule has 1 amide bonds. The van der Waals surface area contributed by atoms with E-state index in [-0.39, 0.29) is 17.9 Å². The summed E-state index contributed by atoms with van der Waals surface area (Å²) < 4.78 is 47.4. The van der Waals surface area contributed by atoms with Gasteiger partial charge in [-0.15, -0.1) is 11.3 Å². The van der Waals surface area contributed by atoms with E-state index in [1.165, 1.54) is 24.5 Å². The van der Waals surface area contributed by atoms with Crippen molar-refractivity contribution in [2.45, 2.75) is 31.2 Å². The summed E-state index contributed by atoms with van der Waals surface area (Å²) in [6, 6.07) is 9.54. The number of carbonyl (C=O) groups is 1. The molecule has 30 heavy (non-hydrogen) atoms. The van der Waals surface area contributed by atoms with Crippen LogP contribution in [-0.2, 0) is 6.54 Å². The predicted octanol–water partition coefficient (Wildman–Crippen LogP) is 4.54. The molecule has 158 valence electrons. The van der Waals surface area contributed by atoms with Gasteiger partial charge in [0, 0.05) is 17.4 Å². The maximum Gasteiger partial charge on any atom is 0.410 e. The van der Waals surface area contributed by atoms with Crippen molar-refractivity contribution < 1.29 is 22.7 Å². The molecule has 1 aliphatic rings. The normalized spacial score (nSPS) is 18.4. The predicted molar refractivity (Wildman–Crippen MR) is 107 cm³/mol. The second kappa shape index (κ2) is 8.02. The highest BCUT2D eigenvalue weighted by Crippen LogP contribution is 2.43. The van der Waals surface area contributed by atoms with Crippen molar-refractivity contribution >= 4 is 23.1 Å². The van der Waals surface area contributed by atoms with Gasteiger partial charge in [-0.05, 0) is 29.1 Å². The van der Waals surface area contributed by atoms with E-state index in [2.05, 4.69) is 15.7 Å². The summed E-state index contributed by atoms with van der Waals surface area (Å²) in [5.74, 6) is 0.189. The molecule has 0 spiro atoms. The molecule has 2 atom stereocenters. The summed E-state index contributed by atoms with van der Waals surface area (Å²) in [5, 5.41) is 11.6. The fraction of sp³-hybridized carbons (Fsp3) is 0.300. The average Bonchev–Trinajstić information content (AvgIpc) is 3.40. The number of carbonyl (C=O) groups excluding carboxylic acids is 1. The Kier molecular flexibility index (Phi) is 5.42. The Morgan fingerprint density at radius 1 is 1.33 bits per heavy atom. The number of halogens is 3. The van der Waals surface area contributed by atoms with Crippen LogP contribution >= 0.6 is 11.3 Å². The highest BCUT2D eigenvalue weighted by atomic mass is 32.1. The number of benzene rings is 1. The Bertz CT molecular complexity index is 1030. The monoisotopic (exact) mass is 436 g/mol. The number of rotatable bonds is 5. The van der Waals surface area contributed by atoms with Crippen molar-refractivity contribution in [1.29, 1.82) is 0 Å². The molecule has 0 bridgehead atoms. The number of ether oxygens (including phenoxy) is 1. The van der Waals surface area contributed by atoms with Crippen LogP contribution in [0.5, 0.6) is 5.75 Å². The van der Waals surface area contributed by atoms with Crippen LogP contribution in [0.2, 0.25) is 0 Å². The van der Waals surface area contributed by atoms with Crippen LogP contribution in [0.4, 0.5) is 19.0 Å². The Labute approximate surface area is 174 Å². The smallest absolute Gasteiger partial charge is 0.410 e. The summed E-state index contributed by atoms with van der Waals surface area (Å²) in [6.07, 6.45) is -4.76. The quantitative estimate of drug-likeness (QED) is 0.616. The van der Waals surface area contributed by atoms with Gasteiger partial charge in [0.2, 0.25) is 0 Å². The molecule has 0 unspecified atom stereocenters. The van der Waals surface area contributed by atoms with Crippen LogP contribution < -0.4 is 15.4 Å². The third-order valence-corrected chi connectivity index (χ3v) is 5.80. The van der Waals surface area contributed by atoms with Crippen molar-refractivity contribution in [2.24, 2.45) is 0 Å². The highest BCUT2D eigenvalue weighted by Gasteiger charge is 2.46. The van der Waals surface area contributed by atoms with Crippen LogP contribution in [-0.4, -0.2) is 29.0 Å². The minimum atomic E-state index is -4.51. The zero-order chi connectivity index (χ0) is 21.3. The van der Waals surface area contributed by atoms with Gasteiger partial charge in [0.25, 0.3) is 5.91 Å². The zero-order valence-electron chi connectivity index (χ0n) is 15.9. The molecule has 3 aromatic rings. The average molecular weight is 436 g/mol. The number of aromatic nitrogens is 2. The van der Waals surface area contributed by atoms with E-state index < -0.39 is 24.2 Å². The molecule has 0 saturated carbocycles. The van der Waals surface area contributed by atoms with Gasteiger partial charge in [0.05, 0.1) is 19.7 Å². The number of hydrogen-bond acceptors (Lipinski definition) is 5. The van der Waals surface area contributed by atoms with Crippen molar-refractivity contribution in [3.05, 3.63) is 64.0 Å². The molecule has 0 aliphatic carbocycles. The lowest BCUT2D eigenvalue weighted by Crippen LogP contribution is -2.35. The maximum absolute atomic E-state index is 13.8. The molecule has 0 saturated heterocycles. The number of nitrogens with zero attached hydrogens (tertiary/aromatic N) is 2. The topological polar surface area (TPSA) is 68.2 Å². The standard InChI is InChI=1S/C20H19F3N4O2S/c1-29-13-5-2-4-12(8-13)15-9-17(20(21,22)23)27-18(25-15)10-16(26-27)19(28)24-11-14-6-3-7-30-14/h2-8,10,15,17,25H,9,11H2,1H3,(H,24,28)/t15-,17-/m1/s1. The number of hydrogen-bond donors (Lipinski definition) is 2. The first-order valence-corrected chi connectivity index (χ1v) is 10.1. The third-order valence-electron chi connectivity index (χ3n) is 4.92. The first-order chi connectivity index (χ1) is 14.3. The molecular formula is C20H19F3N4O2S. The van der Waals surface area contributed by atoms with E-state index in [0.717, 1.165) is 9.56 Å². The zero-order valence-corrected chi connectivity index (χ0v) is 16.8. The Morgan fingerprint density at radius 3 is 2.87 bits per heavy atom. The van der Waals surface area contributed by atoms with Gasteiger partial charge in [0.15, 0.2) is 11.7 Å². The first-order valence-electron chi connectivity index (χ1n) is 9.22. The van der Waals surface area contributed by atoms with Gasteiger partial charge in [-0.2, -0.15) is 18.3 Å².